The predicted octanol–water partition coefficient (Wildman–Crippen LogP) is -1.01. The zero-order valence-corrected chi connectivity index (χ0v) is 5.94. The second-order valence-electron chi connectivity index (χ2n) is 2.20. The molecule has 0 aliphatic heterocycles. The molecule has 1 aliphatic rings. The minimum atomic E-state index is -1.02. The Hall–Kier alpha value is -1.92. The Kier molecular flexibility index (Phi) is 2.04. The summed E-state index contributed by atoms with van der Waals surface area (Å²) in [5.41, 5.74) is 2.15. The second kappa shape index (κ2) is 2.99. The van der Waals surface area contributed by atoms with Gasteiger partial charge in [-0.2, -0.15) is 16.8 Å². The number of aliphatic hydroxyl groups is 2. The van der Waals surface area contributed by atoms with Crippen LogP contribution in [0.2, 0.25) is 0 Å². The van der Waals surface area contributed by atoms with Gasteiger partial charge in [-0.15, -0.1) is 0 Å². The van der Waals surface area contributed by atoms with Crippen LogP contribution < -0.4 is 10.7 Å². The molecule has 0 saturated carbocycles. The molecular weight excluding hydrogens is 160 g/mol. The molecule has 2 unspecified atom stereocenters. The van der Waals surface area contributed by atoms with Crippen molar-refractivity contribution in [2.75, 3.05) is 0 Å². The molecule has 12 heavy (non-hydrogen) atoms. The summed E-state index contributed by atoms with van der Waals surface area (Å²) >= 11 is 0. The van der Waals surface area contributed by atoms with Gasteiger partial charge in [0.25, 0.3) is 0 Å². The Morgan fingerprint density at radius 3 is 2.75 bits per heavy atom. The van der Waals surface area contributed by atoms with E-state index >= 15 is 0 Å². The Morgan fingerprint density at radius 2 is 2.33 bits per heavy atom. The van der Waals surface area contributed by atoms with Crippen molar-refractivity contribution >= 4 is 0 Å². The first-order valence-electron chi connectivity index (χ1n) is 3.10. The number of nitrogens with one attached hydrogen (secondary N) is 2. The molecular formula is C6H6N4O2. The number of rotatable bonds is 2. The number of aliphatic hydroxyl groups excluding tert-OH is 2. The fraction of sp³-hybridized carbons (Fsp3) is 0.333. The summed E-state index contributed by atoms with van der Waals surface area (Å²) in [5, 5.41) is 28.6. The van der Waals surface area contributed by atoms with Crippen molar-refractivity contribution in [2.24, 2.45) is 0 Å². The molecule has 0 aromatic heterocycles. The van der Waals surface area contributed by atoms with Crippen LogP contribution in [0.3, 0.4) is 0 Å². The molecule has 2 atom stereocenters. The third-order valence-corrected chi connectivity index (χ3v) is 1.58. The second-order valence-corrected chi connectivity index (χ2v) is 2.20. The van der Waals surface area contributed by atoms with E-state index in [9.17, 15) is 0 Å². The highest BCUT2D eigenvalue weighted by molar-refractivity contribution is 5.32. The summed E-state index contributed by atoms with van der Waals surface area (Å²) in [6.07, 6.45) is 0.569. The van der Waals surface area contributed by atoms with Gasteiger partial charge in [-0.25, -0.2) is 0 Å². The van der Waals surface area contributed by atoms with E-state index in [1.807, 2.05) is 0 Å². The van der Waals surface area contributed by atoms with Crippen LogP contribution in [-0.2, 0) is 0 Å². The van der Waals surface area contributed by atoms with Crippen LogP contribution in [0.25, 0.3) is 4.95 Å². The van der Waals surface area contributed by atoms with E-state index < -0.39 is 12.1 Å². The summed E-state index contributed by atoms with van der Waals surface area (Å²) in [6.45, 7) is 6.39. The van der Waals surface area contributed by atoms with Crippen LogP contribution in [0.15, 0.2) is 11.5 Å². The van der Waals surface area contributed by atoms with Crippen molar-refractivity contribution in [3.8, 4) is 6.19 Å². The highest BCUT2D eigenvalue weighted by atomic mass is 16.3. The molecule has 0 heterocycles. The van der Waals surface area contributed by atoms with E-state index in [2.05, 4.69) is 15.7 Å². The van der Waals surface area contributed by atoms with Gasteiger partial charge in [-0.1, -0.05) is 5.43 Å². The predicted molar refractivity (Wildman–Crippen MR) is 37.9 cm³/mol. The summed E-state index contributed by atoms with van der Waals surface area (Å²) < 4.78 is 0. The molecule has 6 heteroatoms. The van der Waals surface area contributed by atoms with Gasteiger partial charge in [0.05, 0.1) is 0 Å². The van der Waals surface area contributed by atoms with Crippen molar-refractivity contribution in [1.82, 2.24) is 10.7 Å². The summed E-state index contributed by atoms with van der Waals surface area (Å²) in [7, 11) is 0. The first-order valence-corrected chi connectivity index (χ1v) is 3.10. The fourth-order valence-electron chi connectivity index (χ4n) is 0.939. The van der Waals surface area contributed by atoms with Crippen molar-refractivity contribution in [3.05, 3.63) is 23.0 Å². The van der Waals surface area contributed by atoms with Crippen LogP contribution in [0.4, 0.5) is 0 Å². The standard InChI is InChI=1S/C6H6N4O2/c1-8-10-4-5(11)3(6(4)12)9-2-7/h3,5,9-12H. The summed E-state index contributed by atoms with van der Waals surface area (Å²) in [5.74, 6) is -0.194. The molecule has 62 valence electrons. The zero-order valence-electron chi connectivity index (χ0n) is 5.94. The van der Waals surface area contributed by atoms with Gasteiger partial charge in [-0.05, 0) is 0 Å². The van der Waals surface area contributed by atoms with Crippen LogP contribution >= 0.6 is 0 Å². The van der Waals surface area contributed by atoms with Crippen LogP contribution in [-0.4, -0.2) is 22.4 Å². The lowest BCUT2D eigenvalue weighted by atomic mass is 9.93. The van der Waals surface area contributed by atoms with E-state index in [4.69, 9.17) is 22.0 Å². The van der Waals surface area contributed by atoms with Gasteiger partial charge in [-0.3, -0.25) is 0 Å². The maximum absolute atomic E-state index is 9.16. The number of hydrogen-bond donors (Lipinski definition) is 4. The Labute approximate surface area is 68.5 Å². The van der Waals surface area contributed by atoms with E-state index in [0.717, 1.165) is 0 Å². The van der Waals surface area contributed by atoms with Gasteiger partial charge in [0.2, 0.25) is 0 Å². The Morgan fingerprint density at radius 1 is 1.67 bits per heavy atom. The highest BCUT2D eigenvalue weighted by Gasteiger charge is 2.41. The SMILES string of the molecule is [C-]#[N+]NC1=C(O)C(NC#N)C1O. The van der Waals surface area contributed by atoms with Crippen LogP contribution in [0.1, 0.15) is 0 Å². The number of nitriles is 1. The van der Waals surface area contributed by atoms with Gasteiger partial charge >= 0.3 is 0 Å². The maximum Gasteiger partial charge on any atom is 0.177 e. The molecule has 1 rings (SSSR count). The van der Waals surface area contributed by atoms with Gasteiger partial charge in [0.15, 0.2) is 11.9 Å². The molecule has 0 spiro atoms. The lowest BCUT2D eigenvalue weighted by Crippen LogP contribution is -2.51. The zero-order chi connectivity index (χ0) is 9.14. The summed E-state index contributed by atoms with van der Waals surface area (Å²) in [6, 6.07) is -0.778. The molecule has 0 aromatic rings. The smallest absolute Gasteiger partial charge is 0.177 e. The molecule has 0 aromatic carbocycles. The molecule has 6 nitrogen and oxygen atoms in total. The quantitative estimate of drug-likeness (QED) is 0.183. The fourth-order valence-corrected chi connectivity index (χ4v) is 0.939. The van der Waals surface area contributed by atoms with Crippen molar-refractivity contribution in [2.45, 2.75) is 12.1 Å². The lowest BCUT2D eigenvalue weighted by molar-refractivity contribution is 0.107. The van der Waals surface area contributed by atoms with Gasteiger partial charge < -0.3 is 15.5 Å². The molecule has 4 N–H and O–H groups in total. The average molecular weight is 166 g/mol. The molecule has 0 amide bonds. The van der Waals surface area contributed by atoms with E-state index in [1.165, 1.54) is 0 Å². The van der Waals surface area contributed by atoms with Crippen molar-refractivity contribution in [3.63, 3.8) is 0 Å². The highest BCUT2D eigenvalue weighted by Crippen LogP contribution is 2.24. The monoisotopic (exact) mass is 166 g/mol. The molecule has 0 fully saturated rings. The Bertz CT molecular complexity index is 298. The lowest BCUT2D eigenvalue weighted by Gasteiger charge is -2.30. The molecule has 0 saturated heterocycles. The topological polar surface area (TPSA) is 92.7 Å². The normalized spacial score (nSPS) is 26.6. The minimum absolute atomic E-state index is 0.0535. The third-order valence-electron chi connectivity index (χ3n) is 1.58. The minimum Gasteiger partial charge on any atom is -0.508 e. The third kappa shape index (κ3) is 1.00. The summed E-state index contributed by atoms with van der Waals surface area (Å²) in [4.78, 5) is 2.76. The largest absolute Gasteiger partial charge is 0.508 e. The van der Waals surface area contributed by atoms with Gasteiger partial charge in [0, 0.05) is 0 Å². The van der Waals surface area contributed by atoms with E-state index in [1.54, 1.807) is 6.19 Å². The Balaban J connectivity index is 2.69. The van der Waals surface area contributed by atoms with Crippen molar-refractivity contribution < 1.29 is 10.2 Å². The van der Waals surface area contributed by atoms with E-state index in [0.29, 0.717) is 0 Å². The van der Waals surface area contributed by atoms with Crippen LogP contribution in [0.5, 0.6) is 0 Å². The van der Waals surface area contributed by atoms with E-state index in [-0.39, 0.29) is 11.5 Å². The molecule has 1 aliphatic carbocycles. The molecule has 0 radical (unpaired) electrons. The number of hydrogen-bond acceptors (Lipinski definition) is 5. The van der Waals surface area contributed by atoms with Gasteiger partial charge in [0.1, 0.15) is 17.9 Å². The van der Waals surface area contributed by atoms with Crippen molar-refractivity contribution in [1.29, 1.82) is 5.26 Å². The first-order chi connectivity index (χ1) is 5.72. The number of nitrogens with zero attached hydrogens (tertiary/aromatic N) is 2. The molecule has 0 bridgehead atoms. The first kappa shape index (κ1) is 8.18. The maximum atomic E-state index is 9.16. The average Bonchev–Trinajstić information content (AvgIpc) is 2.10. The van der Waals surface area contributed by atoms with Crippen LogP contribution in [0, 0.1) is 18.0 Å².